The maximum atomic E-state index is 6.61. The highest BCUT2D eigenvalue weighted by Gasteiger charge is 2.57. The molecule has 2 rings (SSSR count). The van der Waals surface area contributed by atoms with Crippen molar-refractivity contribution in [3.05, 3.63) is 30.3 Å². The molecule has 0 spiro atoms. The Morgan fingerprint density at radius 3 is 1.79 bits per heavy atom. The van der Waals surface area contributed by atoms with Crippen LogP contribution < -0.4 is 5.19 Å². The topological polar surface area (TPSA) is 18.5 Å². The summed E-state index contributed by atoms with van der Waals surface area (Å²) in [4.78, 5) is 0. The van der Waals surface area contributed by atoms with Gasteiger partial charge in [0, 0.05) is 0 Å². The molecule has 1 aliphatic heterocycles. The lowest BCUT2D eigenvalue weighted by molar-refractivity contribution is 0.00578. The second kappa shape index (κ2) is 7.72. The van der Waals surface area contributed by atoms with Crippen molar-refractivity contribution in [1.29, 1.82) is 0 Å². The van der Waals surface area contributed by atoms with E-state index >= 15 is 0 Å². The molecule has 158 valence electrons. The first kappa shape index (κ1) is 23.9. The lowest BCUT2D eigenvalue weighted by atomic mass is 9.82. The Hall–Kier alpha value is -0.361. The zero-order valence-corrected chi connectivity index (χ0v) is 22.3. The Balaban J connectivity index is 2.37. The monoisotopic (exact) mass is 418 g/mol. The van der Waals surface area contributed by atoms with E-state index in [0.29, 0.717) is 10.5 Å². The molecule has 0 aliphatic carbocycles. The summed E-state index contributed by atoms with van der Waals surface area (Å²) in [6.45, 7) is 26.1. The highest BCUT2D eigenvalue weighted by molar-refractivity contribution is 6.97. The molecule has 1 aliphatic rings. The van der Waals surface area contributed by atoms with Crippen molar-refractivity contribution in [1.82, 2.24) is 0 Å². The third-order valence-corrected chi connectivity index (χ3v) is 18.0. The van der Waals surface area contributed by atoms with Gasteiger partial charge in [-0.2, -0.15) is 0 Å². The minimum atomic E-state index is -1.79. The molecule has 1 fully saturated rings. The summed E-state index contributed by atoms with van der Waals surface area (Å²) in [6.07, 6.45) is 1.20. The van der Waals surface area contributed by atoms with Crippen LogP contribution >= 0.6 is 0 Å². The first-order chi connectivity index (χ1) is 12.5. The fourth-order valence-corrected chi connectivity index (χ4v) is 9.10. The fourth-order valence-electron chi connectivity index (χ4n) is 3.86. The van der Waals surface area contributed by atoms with E-state index in [4.69, 9.17) is 9.31 Å². The van der Waals surface area contributed by atoms with Gasteiger partial charge in [0.25, 0.3) is 0 Å². The molecule has 1 aromatic carbocycles. The van der Waals surface area contributed by atoms with Gasteiger partial charge in [-0.15, -0.1) is 0 Å². The standard InChI is InChI=1S/C23H43BO2Si2/c1-21(2,3)27(8,9)18-17-20(24-25-22(4,5)23(6,7)26-24)28(10,11)19-15-13-12-14-16-19/h12-16,20H,17-18H2,1-11H3. The van der Waals surface area contributed by atoms with E-state index in [9.17, 15) is 0 Å². The molecule has 1 unspecified atom stereocenters. The second-order valence-corrected chi connectivity index (χ2v) is 22.5. The molecule has 0 N–H and O–H groups in total. The third-order valence-electron chi connectivity index (χ3n) is 8.16. The Kier molecular flexibility index (Phi) is 6.59. The average Bonchev–Trinajstić information content (AvgIpc) is 2.74. The van der Waals surface area contributed by atoms with Gasteiger partial charge in [-0.25, -0.2) is 0 Å². The number of hydrogen-bond donors (Lipinski definition) is 0. The van der Waals surface area contributed by atoms with Crippen LogP contribution in [0.15, 0.2) is 30.3 Å². The first-order valence-corrected chi connectivity index (χ1v) is 17.2. The first-order valence-electron chi connectivity index (χ1n) is 10.9. The lowest BCUT2D eigenvalue weighted by Gasteiger charge is -2.41. The van der Waals surface area contributed by atoms with Crippen LogP contribution in [0.5, 0.6) is 0 Å². The molecule has 1 saturated heterocycles. The molecule has 0 amide bonds. The van der Waals surface area contributed by atoms with E-state index < -0.39 is 16.1 Å². The summed E-state index contributed by atoms with van der Waals surface area (Å²) >= 11 is 0. The van der Waals surface area contributed by atoms with Crippen molar-refractivity contribution < 1.29 is 9.31 Å². The fraction of sp³-hybridized carbons (Fsp3) is 0.739. The number of benzene rings is 1. The smallest absolute Gasteiger partial charge is 0.403 e. The molecule has 0 aromatic heterocycles. The van der Waals surface area contributed by atoms with E-state index in [0.717, 1.165) is 0 Å². The highest BCUT2D eigenvalue weighted by Crippen LogP contribution is 2.46. The van der Waals surface area contributed by atoms with Crippen LogP contribution in [0.25, 0.3) is 0 Å². The molecule has 2 nitrogen and oxygen atoms in total. The van der Waals surface area contributed by atoms with E-state index in [-0.39, 0.29) is 18.3 Å². The summed E-state index contributed by atoms with van der Waals surface area (Å²) in [5, 5.41) is 1.91. The summed E-state index contributed by atoms with van der Waals surface area (Å²) in [5.74, 6) is 0. The van der Waals surface area contributed by atoms with E-state index in [1.165, 1.54) is 17.7 Å². The number of hydrogen-bond acceptors (Lipinski definition) is 2. The van der Waals surface area contributed by atoms with Gasteiger partial charge >= 0.3 is 7.12 Å². The molecule has 5 heteroatoms. The molecular weight excluding hydrogens is 375 g/mol. The van der Waals surface area contributed by atoms with Crippen LogP contribution in [0, 0.1) is 0 Å². The molecule has 1 atom stereocenters. The van der Waals surface area contributed by atoms with Gasteiger partial charge in [0.05, 0.1) is 27.3 Å². The predicted octanol–water partition coefficient (Wildman–Crippen LogP) is 6.50. The van der Waals surface area contributed by atoms with Crippen LogP contribution in [0.1, 0.15) is 54.9 Å². The van der Waals surface area contributed by atoms with Crippen molar-refractivity contribution >= 4 is 28.5 Å². The Morgan fingerprint density at radius 1 is 0.893 bits per heavy atom. The Morgan fingerprint density at radius 2 is 1.36 bits per heavy atom. The molecule has 1 heterocycles. The minimum Gasteiger partial charge on any atom is -0.403 e. The van der Waals surface area contributed by atoms with E-state index in [1.54, 1.807) is 0 Å². The summed E-state index contributed by atoms with van der Waals surface area (Å²) < 4.78 is 13.2. The van der Waals surface area contributed by atoms with Crippen molar-refractivity contribution in [2.75, 3.05) is 0 Å². The second-order valence-electron chi connectivity index (χ2n) is 12.0. The highest BCUT2D eigenvalue weighted by atomic mass is 28.3. The molecule has 1 aromatic rings. The summed E-state index contributed by atoms with van der Waals surface area (Å²) in [6, 6.07) is 12.4. The van der Waals surface area contributed by atoms with Gasteiger partial charge < -0.3 is 9.31 Å². The van der Waals surface area contributed by atoms with E-state index in [1.807, 2.05) is 0 Å². The normalized spacial score (nSPS) is 21.0. The minimum absolute atomic E-state index is 0.114. The van der Waals surface area contributed by atoms with Crippen molar-refractivity contribution in [3.8, 4) is 0 Å². The van der Waals surface area contributed by atoms with Crippen molar-refractivity contribution in [2.45, 2.75) is 109 Å². The lowest BCUT2D eigenvalue weighted by Crippen LogP contribution is -2.53. The van der Waals surface area contributed by atoms with Gasteiger partial charge in [-0.05, 0) is 38.2 Å². The third kappa shape index (κ3) is 4.68. The zero-order chi connectivity index (χ0) is 21.6. The average molecular weight is 419 g/mol. The largest absolute Gasteiger partial charge is 0.458 e. The van der Waals surface area contributed by atoms with Crippen LogP contribution in [-0.4, -0.2) is 34.5 Å². The molecule has 28 heavy (non-hydrogen) atoms. The van der Waals surface area contributed by atoms with Gasteiger partial charge in [0.15, 0.2) is 0 Å². The van der Waals surface area contributed by atoms with Gasteiger partial charge in [0.2, 0.25) is 0 Å². The van der Waals surface area contributed by atoms with Gasteiger partial charge in [-0.3, -0.25) is 0 Å². The van der Waals surface area contributed by atoms with Crippen LogP contribution in [0.4, 0.5) is 0 Å². The van der Waals surface area contributed by atoms with Crippen molar-refractivity contribution in [2.24, 2.45) is 0 Å². The zero-order valence-electron chi connectivity index (χ0n) is 20.3. The molecule has 0 saturated carbocycles. The maximum absolute atomic E-state index is 6.61. The quantitative estimate of drug-likeness (QED) is 0.491. The Bertz CT molecular complexity index is 647. The van der Waals surface area contributed by atoms with Crippen LogP contribution in [-0.2, 0) is 9.31 Å². The maximum Gasteiger partial charge on any atom is 0.458 e. The Labute approximate surface area is 177 Å². The van der Waals surface area contributed by atoms with E-state index in [2.05, 4.69) is 105 Å². The molecule has 0 bridgehead atoms. The predicted molar refractivity (Wildman–Crippen MR) is 130 cm³/mol. The van der Waals surface area contributed by atoms with Gasteiger partial charge in [-0.1, -0.05) is 94.9 Å². The molecular formula is C23H43BO2Si2. The molecule has 0 radical (unpaired) electrons. The summed E-state index contributed by atoms with van der Waals surface area (Å²) in [5.41, 5.74) is -0.0904. The number of rotatable bonds is 6. The van der Waals surface area contributed by atoms with Crippen LogP contribution in [0.2, 0.25) is 42.7 Å². The summed E-state index contributed by atoms with van der Waals surface area (Å²) in [7, 11) is -3.26. The van der Waals surface area contributed by atoms with Crippen molar-refractivity contribution in [3.63, 3.8) is 0 Å². The van der Waals surface area contributed by atoms with Gasteiger partial charge in [0.1, 0.15) is 0 Å². The SMILES string of the molecule is CC1(C)OB(C(CC[Si](C)(C)C(C)(C)C)[Si](C)(C)c2ccccc2)OC1(C)C. The van der Waals surface area contributed by atoms with Crippen LogP contribution in [0.3, 0.4) is 0 Å².